The summed E-state index contributed by atoms with van der Waals surface area (Å²) in [4.78, 5) is 4.54. The number of aromatic nitrogens is 1. The Hall–Kier alpha value is -1.68. The molecule has 0 unspecified atom stereocenters. The number of nitrogens with one attached hydrogen (secondary N) is 1. The van der Waals surface area contributed by atoms with E-state index >= 15 is 0 Å². The smallest absolute Gasteiger partial charge is 0.149 e. The van der Waals surface area contributed by atoms with Crippen LogP contribution in [0.2, 0.25) is 5.02 Å². The Balaban J connectivity index is 2.90. The summed E-state index contributed by atoms with van der Waals surface area (Å²) >= 11 is 6.24. The van der Waals surface area contributed by atoms with Crippen molar-refractivity contribution in [1.82, 2.24) is 4.98 Å². The van der Waals surface area contributed by atoms with Crippen molar-refractivity contribution in [2.45, 2.75) is 13.8 Å². The van der Waals surface area contributed by atoms with E-state index in [0.717, 1.165) is 28.8 Å². The van der Waals surface area contributed by atoms with Gasteiger partial charge in [0.2, 0.25) is 0 Å². The van der Waals surface area contributed by atoms with Crippen LogP contribution >= 0.6 is 11.6 Å². The van der Waals surface area contributed by atoms with Gasteiger partial charge in [-0.3, -0.25) is 0 Å². The molecule has 0 atom stereocenters. The van der Waals surface area contributed by atoms with Crippen LogP contribution in [0, 0.1) is 6.92 Å². The molecular formula is C14H17ClN2O2. The van der Waals surface area contributed by atoms with Crippen molar-refractivity contribution in [2.75, 3.05) is 26.1 Å². The highest BCUT2D eigenvalue weighted by atomic mass is 35.5. The molecule has 0 amide bonds. The summed E-state index contributed by atoms with van der Waals surface area (Å²) in [6, 6.07) is 3.70. The van der Waals surface area contributed by atoms with Gasteiger partial charge in [0.1, 0.15) is 17.0 Å². The number of benzene rings is 1. The van der Waals surface area contributed by atoms with Gasteiger partial charge in [-0.25, -0.2) is 4.98 Å². The lowest BCUT2D eigenvalue weighted by Crippen LogP contribution is -2.02. The molecule has 0 bridgehead atoms. The monoisotopic (exact) mass is 280 g/mol. The second-order valence-electron chi connectivity index (χ2n) is 4.16. The highest BCUT2D eigenvalue weighted by Gasteiger charge is 2.17. The van der Waals surface area contributed by atoms with E-state index in [9.17, 15) is 0 Å². The number of methoxy groups -OCH3 is 2. The highest BCUT2D eigenvalue weighted by molar-refractivity contribution is 6.34. The standard InChI is InChI=1S/C14H17ClN2O2/c1-5-16-10-6-8(2)17-13-11(18-3)7-9(15)14(19-4)12(10)13/h6-7H,5H2,1-4H3,(H,16,17). The number of nitrogens with zero attached hydrogens (tertiary/aromatic N) is 1. The molecule has 0 radical (unpaired) electrons. The zero-order valence-electron chi connectivity index (χ0n) is 11.5. The number of anilines is 1. The Bertz CT molecular complexity index is 614. The van der Waals surface area contributed by atoms with E-state index in [4.69, 9.17) is 21.1 Å². The molecule has 0 saturated heterocycles. The number of hydrogen-bond acceptors (Lipinski definition) is 4. The van der Waals surface area contributed by atoms with Crippen LogP contribution in [0.4, 0.5) is 5.69 Å². The van der Waals surface area contributed by atoms with E-state index in [2.05, 4.69) is 10.3 Å². The van der Waals surface area contributed by atoms with Gasteiger partial charge in [-0.2, -0.15) is 0 Å². The quantitative estimate of drug-likeness (QED) is 0.928. The van der Waals surface area contributed by atoms with E-state index in [1.807, 2.05) is 19.9 Å². The second-order valence-corrected chi connectivity index (χ2v) is 4.57. The molecule has 4 nitrogen and oxygen atoms in total. The van der Waals surface area contributed by atoms with Gasteiger partial charge >= 0.3 is 0 Å². The summed E-state index contributed by atoms with van der Waals surface area (Å²) in [5.74, 6) is 1.25. The van der Waals surface area contributed by atoms with Crippen LogP contribution in [0.3, 0.4) is 0 Å². The topological polar surface area (TPSA) is 43.4 Å². The molecule has 0 aliphatic heterocycles. The van der Waals surface area contributed by atoms with Crippen molar-refractivity contribution in [2.24, 2.45) is 0 Å². The molecule has 2 aromatic rings. The number of rotatable bonds is 4. The fourth-order valence-corrected chi connectivity index (χ4v) is 2.41. The molecule has 0 aliphatic carbocycles. The Kier molecular flexibility index (Phi) is 4.00. The maximum atomic E-state index is 6.24. The zero-order chi connectivity index (χ0) is 14.0. The fraction of sp³-hybridized carbons (Fsp3) is 0.357. The van der Waals surface area contributed by atoms with Crippen LogP contribution in [-0.4, -0.2) is 25.7 Å². The van der Waals surface area contributed by atoms with Crippen molar-refractivity contribution in [3.63, 3.8) is 0 Å². The number of ether oxygens (including phenoxy) is 2. The van der Waals surface area contributed by atoms with Crippen LogP contribution in [-0.2, 0) is 0 Å². The lowest BCUT2D eigenvalue weighted by molar-refractivity contribution is 0.410. The molecule has 1 aromatic heterocycles. The van der Waals surface area contributed by atoms with E-state index in [1.54, 1.807) is 20.3 Å². The maximum Gasteiger partial charge on any atom is 0.149 e. The summed E-state index contributed by atoms with van der Waals surface area (Å²) in [6.45, 7) is 4.78. The lowest BCUT2D eigenvalue weighted by atomic mass is 10.1. The summed E-state index contributed by atoms with van der Waals surface area (Å²) in [6.07, 6.45) is 0. The van der Waals surface area contributed by atoms with E-state index < -0.39 is 0 Å². The van der Waals surface area contributed by atoms with Crippen molar-refractivity contribution in [1.29, 1.82) is 0 Å². The Morgan fingerprint density at radius 3 is 2.58 bits per heavy atom. The van der Waals surface area contributed by atoms with Crippen LogP contribution < -0.4 is 14.8 Å². The Labute approximate surface area is 117 Å². The van der Waals surface area contributed by atoms with E-state index in [1.165, 1.54) is 0 Å². The van der Waals surface area contributed by atoms with Crippen molar-refractivity contribution < 1.29 is 9.47 Å². The third kappa shape index (κ3) is 2.40. The third-order valence-electron chi connectivity index (χ3n) is 2.87. The first-order valence-corrected chi connectivity index (χ1v) is 6.45. The summed E-state index contributed by atoms with van der Waals surface area (Å²) in [5.41, 5.74) is 2.61. The van der Waals surface area contributed by atoms with Gasteiger partial charge in [0, 0.05) is 24.0 Å². The molecule has 0 saturated carbocycles. The largest absolute Gasteiger partial charge is 0.494 e. The van der Waals surface area contributed by atoms with Gasteiger partial charge in [0.25, 0.3) is 0 Å². The molecule has 19 heavy (non-hydrogen) atoms. The summed E-state index contributed by atoms with van der Waals surface area (Å²) < 4.78 is 10.8. The third-order valence-corrected chi connectivity index (χ3v) is 3.15. The molecular weight excluding hydrogens is 264 g/mol. The fourth-order valence-electron chi connectivity index (χ4n) is 2.13. The van der Waals surface area contributed by atoms with Crippen molar-refractivity contribution >= 4 is 28.2 Å². The van der Waals surface area contributed by atoms with Crippen molar-refractivity contribution in [3.05, 3.63) is 22.8 Å². The van der Waals surface area contributed by atoms with Gasteiger partial charge < -0.3 is 14.8 Å². The molecule has 0 spiro atoms. The van der Waals surface area contributed by atoms with Gasteiger partial charge in [0.15, 0.2) is 0 Å². The minimum Gasteiger partial charge on any atom is -0.494 e. The Morgan fingerprint density at radius 2 is 2.00 bits per heavy atom. The molecule has 1 aromatic carbocycles. The van der Waals surface area contributed by atoms with E-state index in [-0.39, 0.29) is 0 Å². The number of fused-ring (bicyclic) bond motifs is 1. The predicted molar refractivity (Wildman–Crippen MR) is 78.8 cm³/mol. The number of hydrogen-bond donors (Lipinski definition) is 1. The van der Waals surface area contributed by atoms with Crippen molar-refractivity contribution in [3.8, 4) is 11.5 Å². The molecule has 1 N–H and O–H groups in total. The number of halogens is 1. The molecule has 102 valence electrons. The lowest BCUT2D eigenvalue weighted by Gasteiger charge is -2.16. The SMILES string of the molecule is CCNc1cc(C)nc2c(OC)cc(Cl)c(OC)c12. The second kappa shape index (κ2) is 5.53. The van der Waals surface area contributed by atoms with Crippen LogP contribution in [0.15, 0.2) is 12.1 Å². The number of aryl methyl sites for hydroxylation is 1. The molecule has 1 heterocycles. The first-order chi connectivity index (χ1) is 9.12. The van der Waals surface area contributed by atoms with Gasteiger partial charge in [0.05, 0.1) is 24.6 Å². The summed E-state index contributed by atoms with van der Waals surface area (Å²) in [5, 5.41) is 4.67. The zero-order valence-corrected chi connectivity index (χ0v) is 12.3. The first kappa shape index (κ1) is 13.7. The van der Waals surface area contributed by atoms with Crippen LogP contribution in [0.1, 0.15) is 12.6 Å². The maximum absolute atomic E-state index is 6.24. The first-order valence-electron chi connectivity index (χ1n) is 6.08. The molecule has 5 heteroatoms. The predicted octanol–water partition coefficient (Wildman–Crippen LogP) is 3.65. The normalized spacial score (nSPS) is 10.6. The summed E-state index contributed by atoms with van der Waals surface area (Å²) in [7, 11) is 3.21. The van der Waals surface area contributed by atoms with Gasteiger partial charge in [-0.05, 0) is 19.9 Å². The average molecular weight is 281 g/mol. The van der Waals surface area contributed by atoms with Crippen LogP contribution in [0.5, 0.6) is 11.5 Å². The number of pyridine rings is 1. The highest BCUT2D eigenvalue weighted by Crippen LogP contribution is 2.42. The molecule has 0 fully saturated rings. The minimum atomic E-state index is 0.511. The minimum absolute atomic E-state index is 0.511. The van der Waals surface area contributed by atoms with Gasteiger partial charge in [-0.1, -0.05) is 11.6 Å². The average Bonchev–Trinajstić information content (AvgIpc) is 2.38. The van der Waals surface area contributed by atoms with E-state index in [0.29, 0.717) is 16.5 Å². The van der Waals surface area contributed by atoms with Crippen LogP contribution in [0.25, 0.3) is 10.9 Å². The van der Waals surface area contributed by atoms with Gasteiger partial charge in [-0.15, -0.1) is 0 Å². The Morgan fingerprint density at radius 1 is 1.26 bits per heavy atom. The molecule has 2 rings (SSSR count). The molecule has 0 aliphatic rings.